The van der Waals surface area contributed by atoms with E-state index in [9.17, 15) is 0 Å². The lowest BCUT2D eigenvalue weighted by molar-refractivity contribution is -0.0673. The zero-order valence-corrected chi connectivity index (χ0v) is 9.05. The largest absolute Gasteiger partial charge is 0.373 e. The quantitative estimate of drug-likeness (QED) is 0.654. The SMILES string of the molecule is CCNCCN1CC(C)OC(C)C1. The van der Waals surface area contributed by atoms with Gasteiger partial charge in [-0.3, -0.25) is 4.90 Å². The van der Waals surface area contributed by atoms with Crippen molar-refractivity contribution in [2.45, 2.75) is 33.0 Å². The molecule has 0 amide bonds. The molecule has 1 aliphatic heterocycles. The Bertz CT molecular complexity index is 131. The molecule has 0 aromatic carbocycles. The Morgan fingerprint density at radius 2 is 1.92 bits per heavy atom. The Kier molecular flexibility index (Phi) is 4.70. The molecule has 0 aromatic heterocycles. The normalized spacial score (nSPS) is 30.7. The van der Waals surface area contributed by atoms with Crippen LogP contribution in [0, 0.1) is 0 Å². The zero-order chi connectivity index (χ0) is 9.68. The van der Waals surface area contributed by atoms with Crippen molar-refractivity contribution in [3.8, 4) is 0 Å². The van der Waals surface area contributed by atoms with E-state index in [4.69, 9.17) is 4.74 Å². The summed E-state index contributed by atoms with van der Waals surface area (Å²) in [6, 6.07) is 0. The van der Waals surface area contributed by atoms with Crippen LogP contribution >= 0.6 is 0 Å². The van der Waals surface area contributed by atoms with Crippen LogP contribution in [0.3, 0.4) is 0 Å². The molecule has 0 bridgehead atoms. The van der Waals surface area contributed by atoms with Gasteiger partial charge in [-0.05, 0) is 20.4 Å². The molecule has 1 N–H and O–H groups in total. The Hall–Kier alpha value is -0.120. The molecule has 78 valence electrons. The second-order valence-electron chi connectivity index (χ2n) is 3.87. The summed E-state index contributed by atoms with van der Waals surface area (Å²) in [6.07, 6.45) is 0.788. The molecule has 1 fully saturated rings. The predicted molar refractivity (Wildman–Crippen MR) is 55.0 cm³/mol. The lowest BCUT2D eigenvalue weighted by Crippen LogP contribution is -2.47. The topological polar surface area (TPSA) is 24.5 Å². The average molecular weight is 186 g/mol. The third-order valence-electron chi connectivity index (χ3n) is 2.35. The van der Waals surface area contributed by atoms with E-state index in [2.05, 4.69) is 31.0 Å². The van der Waals surface area contributed by atoms with E-state index < -0.39 is 0 Å². The molecule has 1 aliphatic rings. The Labute approximate surface area is 81.4 Å². The van der Waals surface area contributed by atoms with Crippen LogP contribution in [0.4, 0.5) is 0 Å². The van der Waals surface area contributed by atoms with E-state index in [1.165, 1.54) is 0 Å². The van der Waals surface area contributed by atoms with Gasteiger partial charge in [0.15, 0.2) is 0 Å². The Morgan fingerprint density at radius 1 is 1.31 bits per heavy atom. The van der Waals surface area contributed by atoms with Crippen LogP contribution in [0.5, 0.6) is 0 Å². The summed E-state index contributed by atoms with van der Waals surface area (Å²) < 4.78 is 5.66. The van der Waals surface area contributed by atoms with Crippen LogP contribution in [-0.2, 0) is 4.74 Å². The highest BCUT2D eigenvalue weighted by Gasteiger charge is 2.21. The van der Waals surface area contributed by atoms with E-state index in [1.54, 1.807) is 0 Å². The number of hydrogen-bond donors (Lipinski definition) is 1. The first-order chi connectivity index (χ1) is 6.22. The van der Waals surface area contributed by atoms with Gasteiger partial charge in [0.05, 0.1) is 12.2 Å². The minimum Gasteiger partial charge on any atom is -0.373 e. The molecule has 0 aliphatic carbocycles. The van der Waals surface area contributed by atoms with E-state index in [0.717, 1.165) is 32.7 Å². The Balaban J connectivity index is 2.17. The average Bonchev–Trinajstić information content (AvgIpc) is 2.03. The Morgan fingerprint density at radius 3 is 2.46 bits per heavy atom. The molecular weight excluding hydrogens is 164 g/mol. The summed E-state index contributed by atoms with van der Waals surface area (Å²) in [7, 11) is 0. The minimum absolute atomic E-state index is 0.394. The zero-order valence-electron chi connectivity index (χ0n) is 9.05. The molecule has 0 saturated carbocycles. The van der Waals surface area contributed by atoms with Gasteiger partial charge in [0.25, 0.3) is 0 Å². The van der Waals surface area contributed by atoms with Gasteiger partial charge >= 0.3 is 0 Å². The van der Waals surface area contributed by atoms with Crippen LogP contribution < -0.4 is 5.32 Å². The number of hydrogen-bond acceptors (Lipinski definition) is 3. The van der Waals surface area contributed by atoms with Crippen LogP contribution in [0.25, 0.3) is 0 Å². The first-order valence-corrected chi connectivity index (χ1v) is 5.31. The first kappa shape index (κ1) is 11.0. The summed E-state index contributed by atoms with van der Waals surface area (Å²) >= 11 is 0. The maximum atomic E-state index is 5.66. The highest BCUT2D eigenvalue weighted by molar-refractivity contribution is 4.73. The highest BCUT2D eigenvalue weighted by Crippen LogP contribution is 2.09. The summed E-state index contributed by atoms with van der Waals surface area (Å²) in [5.41, 5.74) is 0. The second kappa shape index (κ2) is 5.58. The molecule has 1 saturated heterocycles. The van der Waals surface area contributed by atoms with Gasteiger partial charge in [0.2, 0.25) is 0 Å². The smallest absolute Gasteiger partial charge is 0.0678 e. The standard InChI is InChI=1S/C10H22N2O/c1-4-11-5-6-12-7-9(2)13-10(3)8-12/h9-11H,4-8H2,1-3H3. The van der Waals surface area contributed by atoms with E-state index in [1.807, 2.05) is 0 Å². The second-order valence-corrected chi connectivity index (χ2v) is 3.87. The van der Waals surface area contributed by atoms with Gasteiger partial charge in [-0.15, -0.1) is 0 Å². The monoisotopic (exact) mass is 186 g/mol. The third kappa shape index (κ3) is 4.07. The van der Waals surface area contributed by atoms with Gasteiger partial charge in [-0.25, -0.2) is 0 Å². The number of likely N-dealkylation sites (N-methyl/N-ethyl adjacent to an activating group) is 1. The van der Waals surface area contributed by atoms with Crippen molar-refractivity contribution in [1.82, 2.24) is 10.2 Å². The molecule has 0 spiro atoms. The summed E-state index contributed by atoms with van der Waals surface area (Å²) in [5.74, 6) is 0. The number of morpholine rings is 1. The molecule has 3 nitrogen and oxygen atoms in total. The lowest BCUT2D eigenvalue weighted by atomic mass is 10.2. The molecule has 2 unspecified atom stereocenters. The molecule has 0 aromatic rings. The van der Waals surface area contributed by atoms with Crippen molar-refractivity contribution in [3.63, 3.8) is 0 Å². The molecule has 0 radical (unpaired) electrons. The lowest BCUT2D eigenvalue weighted by Gasteiger charge is -2.35. The highest BCUT2D eigenvalue weighted by atomic mass is 16.5. The summed E-state index contributed by atoms with van der Waals surface area (Å²) in [6.45, 7) is 11.9. The number of nitrogens with zero attached hydrogens (tertiary/aromatic N) is 1. The van der Waals surface area contributed by atoms with Crippen LogP contribution in [0.2, 0.25) is 0 Å². The fraction of sp³-hybridized carbons (Fsp3) is 1.00. The number of rotatable bonds is 4. The fourth-order valence-corrected chi connectivity index (χ4v) is 1.88. The van der Waals surface area contributed by atoms with Gasteiger partial charge < -0.3 is 10.1 Å². The van der Waals surface area contributed by atoms with Gasteiger partial charge in [-0.2, -0.15) is 0 Å². The number of ether oxygens (including phenoxy) is 1. The van der Waals surface area contributed by atoms with Gasteiger partial charge in [0.1, 0.15) is 0 Å². The van der Waals surface area contributed by atoms with Crippen molar-refractivity contribution >= 4 is 0 Å². The molecule has 3 heteroatoms. The van der Waals surface area contributed by atoms with Gasteiger partial charge in [0, 0.05) is 26.2 Å². The molecule has 1 heterocycles. The summed E-state index contributed by atoms with van der Waals surface area (Å²) in [4.78, 5) is 2.47. The third-order valence-corrected chi connectivity index (χ3v) is 2.35. The van der Waals surface area contributed by atoms with Crippen molar-refractivity contribution in [1.29, 1.82) is 0 Å². The fourth-order valence-electron chi connectivity index (χ4n) is 1.88. The number of nitrogens with one attached hydrogen (secondary N) is 1. The summed E-state index contributed by atoms with van der Waals surface area (Å²) in [5, 5.41) is 3.34. The maximum Gasteiger partial charge on any atom is 0.0678 e. The molecule has 1 rings (SSSR count). The molecule has 2 atom stereocenters. The van der Waals surface area contributed by atoms with Crippen molar-refractivity contribution < 1.29 is 4.74 Å². The van der Waals surface area contributed by atoms with E-state index in [-0.39, 0.29) is 0 Å². The van der Waals surface area contributed by atoms with Crippen LogP contribution in [0.15, 0.2) is 0 Å². The van der Waals surface area contributed by atoms with E-state index in [0.29, 0.717) is 12.2 Å². The van der Waals surface area contributed by atoms with E-state index >= 15 is 0 Å². The van der Waals surface area contributed by atoms with Gasteiger partial charge in [-0.1, -0.05) is 6.92 Å². The van der Waals surface area contributed by atoms with Crippen molar-refractivity contribution in [2.75, 3.05) is 32.7 Å². The minimum atomic E-state index is 0.394. The predicted octanol–water partition coefficient (Wildman–Crippen LogP) is 0.705. The van der Waals surface area contributed by atoms with Crippen molar-refractivity contribution in [3.05, 3.63) is 0 Å². The first-order valence-electron chi connectivity index (χ1n) is 5.31. The molecular formula is C10H22N2O. The van der Waals surface area contributed by atoms with Crippen LogP contribution in [0.1, 0.15) is 20.8 Å². The van der Waals surface area contributed by atoms with Crippen LogP contribution in [-0.4, -0.2) is 49.8 Å². The maximum absolute atomic E-state index is 5.66. The van der Waals surface area contributed by atoms with Crippen molar-refractivity contribution in [2.24, 2.45) is 0 Å². The molecule has 13 heavy (non-hydrogen) atoms.